The fraction of sp³-hybridized carbons (Fsp3) is 0.389. The largest absolute Gasteiger partial charge is 0.477 e. The van der Waals surface area contributed by atoms with E-state index in [2.05, 4.69) is 32.3 Å². The van der Waals surface area contributed by atoms with Gasteiger partial charge in [-0.25, -0.2) is 0 Å². The molecule has 2 aromatic heterocycles. The summed E-state index contributed by atoms with van der Waals surface area (Å²) in [4.78, 5) is 6.44. The Morgan fingerprint density at radius 2 is 2.00 bits per heavy atom. The lowest BCUT2D eigenvalue weighted by Crippen LogP contribution is -2.15. The molecule has 2 heterocycles. The van der Waals surface area contributed by atoms with E-state index >= 15 is 0 Å². The van der Waals surface area contributed by atoms with Gasteiger partial charge in [-0.3, -0.25) is 4.68 Å². The van der Waals surface area contributed by atoms with Gasteiger partial charge >= 0.3 is 0 Å². The molecule has 0 aliphatic carbocycles. The summed E-state index contributed by atoms with van der Waals surface area (Å²) in [6.07, 6.45) is 0.938. The van der Waals surface area contributed by atoms with E-state index in [9.17, 15) is 0 Å². The van der Waals surface area contributed by atoms with Gasteiger partial charge < -0.3 is 14.2 Å². The molecule has 0 unspecified atom stereocenters. The highest BCUT2D eigenvalue weighted by Gasteiger charge is 2.16. The zero-order valence-corrected chi connectivity index (χ0v) is 14.8. The summed E-state index contributed by atoms with van der Waals surface area (Å²) >= 11 is 0. The summed E-state index contributed by atoms with van der Waals surface area (Å²) in [6, 6.07) is 12.0. The normalized spacial score (nSPS) is 11.2. The molecule has 0 saturated heterocycles. The van der Waals surface area contributed by atoms with Crippen molar-refractivity contribution in [1.29, 1.82) is 0 Å². The lowest BCUT2D eigenvalue weighted by Gasteiger charge is -2.08. The van der Waals surface area contributed by atoms with Crippen LogP contribution in [-0.2, 0) is 6.54 Å². The maximum atomic E-state index is 5.80. The predicted molar refractivity (Wildman–Crippen MR) is 94.5 cm³/mol. The standard InChI is InChI=1S/C18H23N5O2/c1-14-19-18(25-21-14)16-12-17(24-11-7-10-22(2)3)20-23(16)13-15-8-5-4-6-9-15/h4-6,8-9,12H,7,10-11,13H2,1-3H3. The van der Waals surface area contributed by atoms with E-state index in [4.69, 9.17) is 9.26 Å². The first-order valence-corrected chi connectivity index (χ1v) is 8.32. The van der Waals surface area contributed by atoms with Crippen LogP contribution in [0.3, 0.4) is 0 Å². The van der Waals surface area contributed by atoms with E-state index in [0.29, 0.717) is 30.7 Å². The van der Waals surface area contributed by atoms with Gasteiger partial charge in [-0.15, -0.1) is 5.10 Å². The number of hydrogen-bond donors (Lipinski definition) is 0. The van der Waals surface area contributed by atoms with Gasteiger partial charge in [0.05, 0.1) is 13.2 Å². The average molecular weight is 341 g/mol. The van der Waals surface area contributed by atoms with Crippen LogP contribution >= 0.6 is 0 Å². The van der Waals surface area contributed by atoms with Gasteiger partial charge in [0.1, 0.15) is 5.69 Å². The molecule has 3 rings (SSSR count). The third kappa shape index (κ3) is 4.67. The average Bonchev–Trinajstić information content (AvgIpc) is 3.18. The topological polar surface area (TPSA) is 69.2 Å². The van der Waals surface area contributed by atoms with Crippen LogP contribution in [0.5, 0.6) is 5.88 Å². The SMILES string of the molecule is Cc1noc(-c2cc(OCCCN(C)C)nn2Cc2ccccc2)n1. The highest BCUT2D eigenvalue weighted by molar-refractivity contribution is 5.49. The Kier molecular flexibility index (Phi) is 5.45. The van der Waals surface area contributed by atoms with Crippen molar-refractivity contribution in [3.05, 3.63) is 47.8 Å². The minimum Gasteiger partial charge on any atom is -0.477 e. The van der Waals surface area contributed by atoms with Crippen LogP contribution in [0.25, 0.3) is 11.6 Å². The molecule has 0 saturated carbocycles. The predicted octanol–water partition coefficient (Wildman–Crippen LogP) is 2.62. The lowest BCUT2D eigenvalue weighted by atomic mass is 10.2. The van der Waals surface area contributed by atoms with Gasteiger partial charge in [0.2, 0.25) is 5.88 Å². The van der Waals surface area contributed by atoms with Gasteiger partial charge in [-0.1, -0.05) is 35.5 Å². The van der Waals surface area contributed by atoms with E-state index < -0.39 is 0 Å². The number of aryl methyl sites for hydroxylation is 1. The van der Waals surface area contributed by atoms with Crippen LogP contribution in [0.2, 0.25) is 0 Å². The van der Waals surface area contributed by atoms with Crippen molar-refractivity contribution in [2.45, 2.75) is 19.9 Å². The molecule has 132 valence electrons. The highest BCUT2D eigenvalue weighted by Crippen LogP contribution is 2.23. The monoisotopic (exact) mass is 341 g/mol. The highest BCUT2D eigenvalue weighted by atomic mass is 16.5. The first kappa shape index (κ1) is 17.2. The fourth-order valence-electron chi connectivity index (χ4n) is 2.47. The Balaban J connectivity index is 1.79. The maximum Gasteiger partial charge on any atom is 0.276 e. The third-order valence-electron chi connectivity index (χ3n) is 3.68. The molecule has 0 fully saturated rings. The third-order valence-corrected chi connectivity index (χ3v) is 3.68. The lowest BCUT2D eigenvalue weighted by molar-refractivity contribution is 0.270. The fourth-order valence-corrected chi connectivity index (χ4v) is 2.47. The van der Waals surface area contributed by atoms with Gasteiger partial charge in [-0.2, -0.15) is 4.98 Å². The van der Waals surface area contributed by atoms with E-state index in [1.807, 2.05) is 43.0 Å². The summed E-state index contributed by atoms with van der Waals surface area (Å²) < 4.78 is 12.9. The smallest absolute Gasteiger partial charge is 0.276 e. The molecule has 0 spiro atoms. The van der Waals surface area contributed by atoms with Gasteiger partial charge in [0.25, 0.3) is 5.89 Å². The zero-order valence-electron chi connectivity index (χ0n) is 14.8. The number of rotatable bonds is 8. The van der Waals surface area contributed by atoms with Gasteiger partial charge in [0, 0.05) is 12.6 Å². The molecule has 25 heavy (non-hydrogen) atoms. The first-order chi connectivity index (χ1) is 12.1. The Morgan fingerprint density at radius 3 is 2.68 bits per heavy atom. The zero-order chi connectivity index (χ0) is 17.6. The van der Waals surface area contributed by atoms with Crippen molar-refractivity contribution in [3.63, 3.8) is 0 Å². The minimum atomic E-state index is 0.448. The second-order valence-electron chi connectivity index (χ2n) is 6.16. The molecule has 0 bridgehead atoms. The number of benzene rings is 1. The number of hydrogen-bond acceptors (Lipinski definition) is 6. The molecule has 0 amide bonds. The maximum absolute atomic E-state index is 5.80. The van der Waals surface area contributed by atoms with Crippen LogP contribution < -0.4 is 4.74 Å². The summed E-state index contributed by atoms with van der Waals surface area (Å²) in [5, 5.41) is 8.43. The molecule has 0 radical (unpaired) electrons. The molecule has 7 heteroatoms. The number of ether oxygens (including phenoxy) is 1. The van der Waals surface area contributed by atoms with Crippen molar-refractivity contribution in [2.75, 3.05) is 27.2 Å². The van der Waals surface area contributed by atoms with Crippen molar-refractivity contribution in [3.8, 4) is 17.5 Å². The van der Waals surface area contributed by atoms with Gasteiger partial charge in [-0.05, 0) is 33.0 Å². The Morgan fingerprint density at radius 1 is 1.20 bits per heavy atom. The van der Waals surface area contributed by atoms with Crippen LogP contribution in [0.1, 0.15) is 17.8 Å². The van der Waals surface area contributed by atoms with Crippen LogP contribution in [0.15, 0.2) is 40.9 Å². The Labute approximate surface area is 147 Å². The quantitative estimate of drug-likeness (QED) is 0.587. The van der Waals surface area contributed by atoms with E-state index in [1.165, 1.54) is 0 Å². The Bertz CT molecular complexity index is 795. The molecule has 0 atom stereocenters. The van der Waals surface area contributed by atoms with E-state index in [1.54, 1.807) is 6.92 Å². The molecule has 1 aromatic carbocycles. The summed E-state index contributed by atoms with van der Waals surface area (Å²) in [6.45, 7) is 3.99. The number of aromatic nitrogens is 4. The molecule has 0 aliphatic rings. The van der Waals surface area contributed by atoms with Crippen molar-refractivity contribution < 1.29 is 9.26 Å². The summed E-state index contributed by atoms with van der Waals surface area (Å²) in [7, 11) is 4.09. The van der Waals surface area contributed by atoms with Crippen LogP contribution in [-0.4, -0.2) is 52.1 Å². The molecular formula is C18H23N5O2. The molecule has 0 aliphatic heterocycles. The molecule has 7 nitrogen and oxygen atoms in total. The van der Waals surface area contributed by atoms with Crippen molar-refractivity contribution in [1.82, 2.24) is 24.8 Å². The second-order valence-corrected chi connectivity index (χ2v) is 6.16. The van der Waals surface area contributed by atoms with E-state index in [-0.39, 0.29) is 0 Å². The minimum absolute atomic E-state index is 0.448. The van der Waals surface area contributed by atoms with Gasteiger partial charge in [0.15, 0.2) is 5.82 Å². The molecule has 3 aromatic rings. The van der Waals surface area contributed by atoms with Crippen molar-refractivity contribution >= 4 is 0 Å². The Hall–Kier alpha value is -2.67. The first-order valence-electron chi connectivity index (χ1n) is 8.32. The summed E-state index contributed by atoms with van der Waals surface area (Å²) in [5.41, 5.74) is 1.90. The molecular weight excluding hydrogens is 318 g/mol. The van der Waals surface area contributed by atoms with Crippen molar-refractivity contribution in [2.24, 2.45) is 0 Å². The summed E-state index contributed by atoms with van der Waals surface area (Å²) in [5.74, 6) is 1.61. The molecule has 0 N–H and O–H groups in total. The second kappa shape index (κ2) is 7.94. The number of nitrogens with zero attached hydrogens (tertiary/aromatic N) is 5. The van der Waals surface area contributed by atoms with Crippen LogP contribution in [0.4, 0.5) is 0 Å². The van der Waals surface area contributed by atoms with E-state index in [0.717, 1.165) is 24.2 Å². The van der Waals surface area contributed by atoms with Crippen LogP contribution in [0, 0.1) is 6.92 Å².